The summed E-state index contributed by atoms with van der Waals surface area (Å²) in [6, 6.07) is 0.838. The third-order valence-electron chi connectivity index (χ3n) is 1.47. The highest BCUT2D eigenvalue weighted by Crippen LogP contribution is 2.25. The predicted octanol–water partition coefficient (Wildman–Crippen LogP) is 1.26. The van der Waals surface area contributed by atoms with Crippen LogP contribution in [0.3, 0.4) is 0 Å². The van der Waals surface area contributed by atoms with Crippen LogP contribution in [0.2, 0.25) is 0 Å². The Hall–Kier alpha value is -0.0400. The molecule has 0 atom stereocenters. The van der Waals surface area contributed by atoms with E-state index in [1.54, 1.807) is 0 Å². The van der Waals surface area contributed by atoms with Gasteiger partial charge in [0, 0.05) is 0 Å². The van der Waals surface area contributed by atoms with Crippen LogP contribution in [0.1, 0.15) is 19.8 Å². The average molecular weight is 98.2 g/mol. The van der Waals surface area contributed by atoms with E-state index in [4.69, 9.17) is 0 Å². The Labute approximate surface area is 45.3 Å². The monoisotopic (exact) mass is 98.1 g/mol. The van der Waals surface area contributed by atoms with Crippen molar-refractivity contribution in [1.29, 1.82) is 0 Å². The standard InChI is InChI=1S/C6H12N/c1-3-7(2)6-4-5-6/h6H,2-5H2,1H3/q-1. The van der Waals surface area contributed by atoms with Crippen LogP contribution in [0.25, 0.3) is 0 Å². The molecule has 7 heavy (non-hydrogen) atoms. The second kappa shape index (κ2) is 1.83. The van der Waals surface area contributed by atoms with Gasteiger partial charge in [0.2, 0.25) is 0 Å². The maximum Gasteiger partial charge on any atom is -0.0184 e. The van der Waals surface area contributed by atoms with Crippen molar-refractivity contribution in [3.8, 4) is 0 Å². The highest BCUT2D eigenvalue weighted by molar-refractivity contribution is 4.82. The van der Waals surface area contributed by atoms with E-state index in [9.17, 15) is 0 Å². The molecular weight excluding hydrogens is 86.1 g/mol. The Morgan fingerprint density at radius 3 is 2.43 bits per heavy atom. The summed E-state index contributed by atoms with van der Waals surface area (Å²) in [7, 11) is 3.85. The van der Waals surface area contributed by atoms with E-state index in [1.807, 2.05) is 0 Å². The molecule has 0 radical (unpaired) electrons. The molecule has 1 heteroatoms. The summed E-state index contributed by atoms with van der Waals surface area (Å²) in [5, 5.41) is 0. The summed E-state index contributed by atoms with van der Waals surface area (Å²) in [6.07, 6.45) is 2.74. The molecule has 0 unspecified atom stereocenters. The minimum atomic E-state index is 0.838. The van der Waals surface area contributed by atoms with E-state index < -0.39 is 0 Å². The summed E-state index contributed by atoms with van der Waals surface area (Å²) >= 11 is 0. The minimum Gasteiger partial charge on any atom is -0.457 e. The topological polar surface area (TPSA) is 3.24 Å². The van der Waals surface area contributed by atoms with Gasteiger partial charge in [-0.3, -0.25) is 7.05 Å². The summed E-state index contributed by atoms with van der Waals surface area (Å²) in [5.74, 6) is 0. The molecule has 0 aromatic carbocycles. The average Bonchev–Trinajstić information content (AvgIpc) is 2.44. The van der Waals surface area contributed by atoms with Crippen molar-refractivity contribution in [1.82, 2.24) is 4.90 Å². The summed E-state index contributed by atoms with van der Waals surface area (Å²) < 4.78 is 0. The molecule has 1 nitrogen and oxygen atoms in total. The zero-order valence-corrected chi connectivity index (χ0v) is 4.85. The number of hydrogen-bond donors (Lipinski definition) is 0. The van der Waals surface area contributed by atoms with E-state index in [0.29, 0.717) is 0 Å². The molecule has 0 spiro atoms. The van der Waals surface area contributed by atoms with Crippen molar-refractivity contribution >= 4 is 0 Å². The van der Waals surface area contributed by atoms with Gasteiger partial charge in [-0.15, -0.1) is 0 Å². The SMILES string of the molecule is [CH2-]N(CC)C1CC1. The Kier molecular flexibility index (Phi) is 1.33. The van der Waals surface area contributed by atoms with Gasteiger partial charge in [0.1, 0.15) is 0 Å². The fourth-order valence-electron chi connectivity index (χ4n) is 0.698. The Morgan fingerprint density at radius 2 is 2.29 bits per heavy atom. The lowest BCUT2D eigenvalue weighted by molar-refractivity contribution is 0.381. The first-order valence-electron chi connectivity index (χ1n) is 2.91. The molecule has 1 rings (SSSR count). The molecule has 1 aliphatic carbocycles. The molecule has 42 valence electrons. The molecule has 0 aromatic rings. The summed E-state index contributed by atoms with van der Waals surface area (Å²) in [6.45, 7) is 3.25. The van der Waals surface area contributed by atoms with E-state index >= 15 is 0 Å². The van der Waals surface area contributed by atoms with Crippen LogP contribution in [0.4, 0.5) is 0 Å². The van der Waals surface area contributed by atoms with Gasteiger partial charge in [-0.25, -0.2) is 0 Å². The van der Waals surface area contributed by atoms with Gasteiger partial charge in [0.05, 0.1) is 0 Å². The molecule has 0 amide bonds. The number of rotatable bonds is 2. The third kappa shape index (κ3) is 1.16. The lowest BCUT2D eigenvalue weighted by Crippen LogP contribution is -2.16. The van der Waals surface area contributed by atoms with Crippen molar-refractivity contribution in [2.45, 2.75) is 25.8 Å². The van der Waals surface area contributed by atoms with E-state index in [1.165, 1.54) is 12.8 Å². The highest BCUT2D eigenvalue weighted by atomic mass is 15.1. The Morgan fingerprint density at radius 1 is 1.71 bits per heavy atom. The smallest absolute Gasteiger partial charge is 0.0184 e. The van der Waals surface area contributed by atoms with Crippen LogP contribution in [-0.2, 0) is 0 Å². The van der Waals surface area contributed by atoms with Crippen LogP contribution in [0.5, 0.6) is 0 Å². The van der Waals surface area contributed by atoms with Crippen LogP contribution in [0, 0.1) is 7.05 Å². The predicted molar refractivity (Wildman–Crippen MR) is 30.8 cm³/mol. The van der Waals surface area contributed by atoms with Gasteiger partial charge in [-0.05, 0) is 25.4 Å². The van der Waals surface area contributed by atoms with Crippen LogP contribution in [0.15, 0.2) is 0 Å². The molecule has 0 saturated heterocycles. The van der Waals surface area contributed by atoms with Crippen LogP contribution >= 0.6 is 0 Å². The lowest BCUT2D eigenvalue weighted by atomic mass is 10.5. The van der Waals surface area contributed by atoms with Gasteiger partial charge in [0.15, 0.2) is 0 Å². The summed E-state index contributed by atoms with van der Waals surface area (Å²) in [5.41, 5.74) is 0. The van der Waals surface area contributed by atoms with Gasteiger partial charge < -0.3 is 4.90 Å². The van der Waals surface area contributed by atoms with Gasteiger partial charge in [0.25, 0.3) is 0 Å². The second-order valence-corrected chi connectivity index (χ2v) is 2.14. The Balaban J connectivity index is 2.10. The first-order chi connectivity index (χ1) is 3.34. The molecule has 0 N–H and O–H groups in total. The maximum absolute atomic E-state index is 3.85. The molecule has 0 aromatic heterocycles. The van der Waals surface area contributed by atoms with Gasteiger partial charge >= 0.3 is 0 Å². The van der Waals surface area contributed by atoms with E-state index in [-0.39, 0.29) is 0 Å². The normalized spacial score (nSPS) is 21.0. The van der Waals surface area contributed by atoms with Gasteiger partial charge in [-0.2, -0.15) is 0 Å². The molecule has 0 bridgehead atoms. The molecule has 0 heterocycles. The highest BCUT2D eigenvalue weighted by Gasteiger charge is 2.20. The lowest BCUT2D eigenvalue weighted by Gasteiger charge is -2.20. The zero-order valence-electron chi connectivity index (χ0n) is 4.85. The number of hydrogen-bond acceptors (Lipinski definition) is 1. The second-order valence-electron chi connectivity index (χ2n) is 2.14. The number of nitrogens with zero attached hydrogens (tertiary/aromatic N) is 1. The van der Waals surface area contributed by atoms with Crippen LogP contribution < -0.4 is 0 Å². The molecule has 1 aliphatic rings. The van der Waals surface area contributed by atoms with Gasteiger partial charge in [-0.1, -0.05) is 6.92 Å². The largest absolute Gasteiger partial charge is 0.457 e. The van der Waals surface area contributed by atoms with E-state index in [0.717, 1.165) is 12.6 Å². The molecule has 1 fully saturated rings. The van der Waals surface area contributed by atoms with Crippen molar-refractivity contribution in [2.24, 2.45) is 0 Å². The molecule has 0 aliphatic heterocycles. The van der Waals surface area contributed by atoms with Crippen molar-refractivity contribution in [2.75, 3.05) is 6.54 Å². The minimum absolute atomic E-state index is 0.838. The fourth-order valence-corrected chi connectivity index (χ4v) is 0.698. The first kappa shape index (κ1) is 5.10. The van der Waals surface area contributed by atoms with Crippen molar-refractivity contribution in [3.63, 3.8) is 0 Å². The summed E-state index contributed by atoms with van der Waals surface area (Å²) in [4.78, 5) is 2.15. The quantitative estimate of drug-likeness (QED) is 0.470. The zero-order chi connectivity index (χ0) is 5.28. The van der Waals surface area contributed by atoms with E-state index in [2.05, 4.69) is 18.9 Å². The van der Waals surface area contributed by atoms with Crippen molar-refractivity contribution in [3.05, 3.63) is 7.05 Å². The Bertz CT molecular complexity index is 57.2. The maximum atomic E-state index is 3.85. The van der Waals surface area contributed by atoms with Crippen molar-refractivity contribution < 1.29 is 0 Å². The molecular formula is C6H12N-. The first-order valence-corrected chi connectivity index (χ1v) is 2.91. The molecule has 1 saturated carbocycles. The third-order valence-corrected chi connectivity index (χ3v) is 1.47. The fraction of sp³-hybridized carbons (Fsp3) is 0.833. The van der Waals surface area contributed by atoms with Crippen LogP contribution in [-0.4, -0.2) is 17.5 Å².